The molecule has 0 spiro atoms. The molecular formula is C16H18N2O2S. The van der Waals surface area contributed by atoms with Crippen LogP contribution in [0.5, 0.6) is 0 Å². The third-order valence-electron chi connectivity index (χ3n) is 3.16. The number of aryl methyl sites for hydroxylation is 1. The summed E-state index contributed by atoms with van der Waals surface area (Å²) < 4.78 is 12.2. The largest absolute Gasteiger partial charge is 0.399 e. The van der Waals surface area contributed by atoms with Gasteiger partial charge in [0.1, 0.15) is 5.75 Å². The van der Waals surface area contributed by atoms with Gasteiger partial charge >= 0.3 is 0 Å². The molecule has 0 heterocycles. The van der Waals surface area contributed by atoms with E-state index in [-0.39, 0.29) is 11.7 Å². The quantitative estimate of drug-likeness (QED) is 0.882. The summed E-state index contributed by atoms with van der Waals surface area (Å²) >= 11 is 0. The normalized spacial score (nSPS) is 11.9. The van der Waals surface area contributed by atoms with Crippen LogP contribution in [0.3, 0.4) is 0 Å². The monoisotopic (exact) mass is 302 g/mol. The van der Waals surface area contributed by atoms with Crippen LogP contribution in [0.2, 0.25) is 0 Å². The number of nitrogen functional groups attached to an aromatic ring is 1. The van der Waals surface area contributed by atoms with E-state index in [9.17, 15) is 9.00 Å². The summed E-state index contributed by atoms with van der Waals surface area (Å²) in [6.45, 7) is 1.93. The molecule has 1 amide bonds. The van der Waals surface area contributed by atoms with Gasteiger partial charge in [-0.1, -0.05) is 12.1 Å². The van der Waals surface area contributed by atoms with E-state index in [4.69, 9.17) is 5.73 Å². The molecule has 2 aromatic carbocycles. The van der Waals surface area contributed by atoms with E-state index >= 15 is 0 Å². The topological polar surface area (TPSA) is 63.4 Å². The summed E-state index contributed by atoms with van der Waals surface area (Å²) in [4.78, 5) is 14.4. The fourth-order valence-electron chi connectivity index (χ4n) is 1.89. The van der Waals surface area contributed by atoms with E-state index in [1.807, 2.05) is 25.1 Å². The van der Waals surface area contributed by atoms with Crippen LogP contribution in [-0.4, -0.2) is 22.9 Å². The Morgan fingerprint density at radius 1 is 1.19 bits per heavy atom. The molecule has 0 fully saturated rings. The van der Waals surface area contributed by atoms with Crippen molar-refractivity contribution in [2.45, 2.75) is 11.8 Å². The maximum atomic E-state index is 12.2. The maximum absolute atomic E-state index is 12.2. The SMILES string of the molecule is Cc1cccc(S(=O)CC(=O)N(C)c2ccc(N)cc2)c1. The molecule has 110 valence electrons. The molecule has 21 heavy (non-hydrogen) atoms. The summed E-state index contributed by atoms with van der Waals surface area (Å²) in [6, 6.07) is 14.4. The number of benzene rings is 2. The van der Waals surface area contributed by atoms with Gasteiger partial charge < -0.3 is 10.6 Å². The molecule has 4 nitrogen and oxygen atoms in total. The summed E-state index contributed by atoms with van der Waals surface area (Å²) in [6.07, 6.45) is 0. The highest BCUT2D eigenvalue weighted by Crippen LogP contribution is 2.16. The molecule has 0 bridgehead atoms. The van der Waals surface area contributed by atoms with Gasteiger partial charge in [-0.3, -0.25) is 9.00 Å². The van der Waals surface area contributed by atoms with E-state index in [2.05, 4.69) is 0 Å². The summed E-state index contributed by atoms with van der Waals surface area (Å²) in [5, 5.41) is 0. The molecule has 0 saturated heterocycles. The first-order chi connectivity index (χ1) is 9.97. The molecule has 0 saturated carbocycles. The minimum Gasteiger partial charge on any atom is -0.399 e. The Hall–Kier alpha value is -2.14. The zero-order valence-corrected chi connectivity index (χ0v) is 12.9. The highest BCUT2D eigenvalue weighted by Gasteiger charge is 2.15. The van der Waals surface area contributed by atoms with Crippen molar-refractivity contribution in [2.75, 3.05) is 23.4 Å². The lowest BCUT2D eigenvalue weighted by atomic mass is 10.2. The molecule has 0 aromatic heterocycles. The highest BCUT2D eigenvalue weighted by atomic mass is 32.2. The first-order valence-corrected chi connectivity index (χ1v) is 7.86. The zero-order chi connectivity index (χ0) is 15.4. The summed E-state index contributed by atoms with van der Waals surface area (Å²) in [5.41, 5.74) is 8.02. The van der Waals surface area contributed by atoms with Gasteiger partial charge in [0, 0.05) is 23.3 Å². The van der Waals surface area contributed by atoms with Crippen LogP contribution >= 0.6 is 0 Å². The standard InChI is InChI=1S/C16H18N2O2S/c1-12-4-3-5-15(10-12)21(20)11-16(19)18(2)14-8-6-13(17)7-9-14/h3-10H,11,17H2,1-2H3. The van der Waals surface area contributed by atoms with Gasteiger partial charge in [0.05, 0.1) is 10.8 Å². The molecule has 2 rings (SSSR count). The minimum absolute atomic E-state index is 0.0374. The van der Waals surface area contributed by atoms with Gasteiger partial charge in [-0.05, 0) is 48.9 Å². The predicted molar refractivity (Wildman–Crippen MR) is 86.7 cm³/mol. The van der Waals surface area contributed by atoms with Crippen LogP contribution in [0.15, 0.2) is 53.4 Å². The number of nitrogens with zero attached hydrogens (tertiary/aromatic N) is 1. The molecular weight excluding hydrogens is 284 g/mol. The van der Waals surface area contributed by atoms with Crippen molar-refractivity contribution in [2.24, 2.45) is 0 Å². The van der Waals surface area contributed by atoms with Gasteiger partial charge in [0.15, 0.2) is 0 Å². The molecule has 2 N–H and O–H groups in total. The number of carbonyl (C=O) groups excluding carboxylic acids is 1. The van der Waals surface area contributed by atoms with Gasteiger partial charge in [-0.25, -0.2) is 0 Å². The molecule has 0 aliphatic carbocycles. The van der Waals surface area contributed by atoms with Gasteiger partial charge in [-0.15, -0.1) is 0 Å². The Morgan fingerprint density at radius 2 is 1.86 bits per heavy atom. The van der Waals surface area contributed by atoms with E-state index in [0.29, 0.717) is 10.6 Å². The zero-order valence-electron chi connectivity index (χ0n) is 12.1. The van der Waals surface area contributed by atoms with Crippen molar-refractivity contribution >= 4 is 28.1 Å². The molecule has 5 heteroatoms. The van der Waals surface area contributed by atoms with Crippen molar-refractivity contribution in [3.05, 3.63) is 54.1 Å². The third kappa shape index (κ3) is 3.92. The van der Waals surface area contributed by atoms with Gasteiger partial charge in [-0.2, -0.15) is 0 Å². The number of amides is 1. The second-order valence-corrected chi connectivity index (χ2v) is 6.30. The molecule has 0 radical (unpaired) electrons. The first-order valence-electron chi connectivity index (χ1n) is 6.54. The molecule has 1 atom stereocenters. The van der Waals surface area contributed by atoms with Crippen molar-refractivity contribution in [3.8, 4) is 0 Å². The van der Waals surface area contributed by atoms with Crippen molar-refractivity contribution in [3.63, 3.8) is 0 Å². The summed E-state index contributed by atoms with van der Waals surface area (Å²) in [7, 11) is 0.330. The summed E-state index contributed by atoms with van der Waals surface area (Å²) in [5.74, 6) is -0.232. The minimum atomic E-state index is -1.34. The fourth-order valence-corrected chi connectivity index (χ4v) is 3.02. The van der Waals surface area contributed by atoms with Crippen LogP contribution in [0, 0.1) is 6.92 Å². The Morgan fingerprint density at radius 3 is 2.48 bits per heavy atom. The average Bonchev–Trinajstić information content (AvgIpc) is 2.47. The van der Waals surface area contributed by atoms with Crippen molar-refractivity contribution in [1.82, 2.24) is 0 Å². The second kappa shape index (κ2) is 6.54. The van der Waals surface area contributed by atoms with Crippen LogP contribution in [0.4, 0.5) is 11.4 Å². The Balaban J connectivity index is 2.07. The van der Waals surface area contributed by atoms with E-state index in [1.165, 1.54) is 4.90 Å². The number of anilines is 2. The lowest BCUT2D eigenvalue weighted by Crippen LogP contribution is -2.30. The Bertz CT molecular complexity index is 668. The van der Waals surface area contributed by atoms with Gasteiger partial charge in [0.25, 0.3) is 0 Å². The Labute approximate surface area is 127 Å². The van der Waals surface area contributed by atoms with E-state index in [1.54, 1.807) is 37.4 Å². The van der Waals surface area contributed by atoms with Crippen molar-refractivity contribution < 1.29 is 9.00 Å². The smallest absolute Gasteiger partial charge is 0.239 e. The Kier molecular flexibility index (Phi) is 4.75. The number of carbonyl (C=O) groups is 1. The molecule has 1 unspecified atom stereocenters. The number of hydrogen-bond acceptors (Lipinski definition) is 3. The molecule has 2 aromatic rings. The van der Waals surface area contributed by atoms with Crippen LogP contribution in [-0.2, 0) is 15.6 Å². The van der Waals surface area contributed by atoms with Gasteiger partial charge in [0.2, 0.25) is 5.91 Å². The van der Waals surface area contributed by atoms with E-state index < -0.39 is 10.8 Å². The lowest BCUT2D eigenvalue weighted by Gasteiger charge is -2.17. The van der Waals surface area contributed by atoms with Crippen LogP contribution in [0.1, 0.15) is 5.56 Å². The molecule has 0 aliphatic rings. The van der Waals surface area contributed by atoms with E-state index in [0.717, 1.165) is 11.3 Å². The fraction of sp³-hybridized carbons (Fsp3) is 0.188. The second-order valence-electron chi connectivity index (χ2n) is 4.85. The first kappa shape index (κ1) is 15.3. The highest BCUT2D eigenvalue weighted by molar-refractivity contribution is 7.85. The third-order valence-corrected chi connectivity index (χ3v) is 4.45. The number of rotatable bonds is 4. The van der Waals surface area contributed by atoms with Crippen LogP contribution in [0.25, 0.3) is 0 Å². The molecule has 0 aliphatic heterocycles. The lowest BCUT2D eigenvalue weighted by molar-refractivity contribution is -0.115. The predicted octanol–water partition coefficient (Wildman–Crippen LogP) is 2.35. The average molecular weight is 302 g/mol. The maximum Gasteiger partial charge on any atom is 0.239 e. The van der Waals surface area contributed by atoms with Crippen molar-refractivity contribution in [1.29, 1.82) is 0 Å². The van der Waals surface area contributed by atoms with Crippen LogP contribution < -0.4 is 10.6 Å². The number of nitrogens with two attached hydrogens (primary N) is 1. The number of hydrogen-bond donors (Lipinski definition) is 1.